The third-order valence-corrected chi connectivity index (χ3v) is 4.15. The summed E-state index contributed by atoms with van der Waals surface area (Å²) in [4.78, 5) is 16.7. The van der Waals surface area contributed by atoms with Crippen molar-refractivity contribution in [3.63, 3.8) is 0 Å². The van der Waals surface area contributed by atoms with Gasteiger partial charge in [0.15, 0.2) is 0 Å². The van der Waals surface area contributed by atoms with Gasteiger partial charge in [0, 0.05) is 12.0 Å². The lowest BCUT2D eigenvalue weighted by Crippen LogP contribution is -2.47. The maximum Gasteiger partial charge on any atom is 0.223 e. The molecule has 2 aliphatic rings. The number of amides is 1. The van der Waals surface area contributed by atoms with Crippen LogP contribution in [0.25, 0.3) is 0 Å². The van der Waals surface area contributed by atoms with Crippen molar-refractivity contribution >= 4 is 5.91 Å². The Balaban J connectivity index is 1.73. The van der Waals surface area contributed by atoms with Crippen LogP contribution in [-0.2, 0) is 4.79 Å². The highest BCUT2D eigenvalue weighted by molar-refractivity contribution is 5.79. The van der Waals surface area contributed by atoms with Crippen molar-refractivity contribution in [2.75, 3.05) is 40.3 Å². The van der Waals surface area contributed by atoms with Gasteiger partial charge in [-0.2, -0.15) is 0 Å². The molecule has 0 aromatic rings. The first-order chi connectivity index (χ1) is 8.15. The first-order valence-electron chi connectivity index (χ1n) is 6.82. The molecule has 1 N–H and O–H groups in total. The molecule has 2 rings (SSSR count). The van der Waals surface area contributed by atoms with E-state index in [1.807, 2.05) is 0 Å². The summed E-state index contributed by atoms with van der Waals surface area (Å²) in [5, 5.41) is 3.24. The molecule has 17 heavy (non-hydrogen) atoms. The Hall–Kier alpha value is -0.610. The largest absolute Gasteiger partial charge is 0.353 e. The van der Waals surface area contributed by atoms with Gasteiger partial charge in [-0.1, -0.05) is 0 Å². The lowest BCUT2D eigenvalue weighted by Gasteiger charge is -2.32. The Bertz CT molecular complexity index is 253. The zero-order valence-electron chi connectivity index (χ0n) is 11.1. The third kappa shape index (κ3) is 3.68. The summed E-state index contributed by atoms with van der Waals surface area (Å²) < 4.78 is 0. The summed E-state index contributed by atoms with van der Waals surface area (Å²) in [7, 11) is 4.28. The van der Waals surface area contributed by atoms with Crippen molar-refractivity contribution in [2.24, 2.45) is 5.92 Å². The van der Waals surface area contributed by atoms with E-state index in [0.29, 0.717) is 11.9 Å². The van der Waals surface area contributed by atoms with E-state index in [1.54, 1.807) is 0 Å². The van der Waals surface area contributed by atoms with E-state index in [0.717, 1.165) is 51.9 Å². The second kappa shape index (κ2) is 5.83. The fourth-order valence-electron chi connectivity index (χ4n) is 2.74. The van der Waals surface area contributed by atoms with Gasteiger partial charge in [0.05, 0.1) is 0 Å². The van der Waals surface area contributed by atoms with Crippen molar-refractivity contribution in [3.05, 3.63) is 0 Å². The van der Waals surface area contributed by atoms with Gasteiger partial charge in [-0.25, -0.2) is 0 Å². The van der Waals surface area contributed by atoms with Crippen LogP contribution in [0.2, 0.25) is 0 Å². The molecular weight excluding hydrogens is 214 g/mol. The van der Waals surface area contributed by atoms with E-state index in [1.165, 1.54) is 0 Å². The van der Waals surface area contributed by atoms with Crippen LogP contribution < -0.4 is 5.32 Å². The van der Waals surface area contributed by atoms with Crippen LogP contribution >= 0.6 is 0 Å². The average molecular weight is 239 g/mol. The van der Waals surface area contributed by atoms with Crippen molar-refractivity contribution in [2.45, 2.75) is 31.7 Å². The number of hydrogen-bond acceptors (Lipinski definition) is 3. The third-order valence-electron chi connectivity index (χ3n) is 4.15. The molecule has 4 heteroatoms. The van der Waals surface area contributed by atoms with Crippen LogP contribution in [-0.4, -0.2) is 62.0 Å². The first kappa shape index (κ1) is 12.8. The molecule has 0 atom stereocenters. The molecule has 2 heterocycles. The second-order valence-electron chi connectivity index (χ2n) is 5.66. The number of likely N-dealkylation sites (tertiary alicyclic amines) is 2. The number of nitrogens with zero attached hydrogens (tertiary/aromatic N) is 2. The minimum atomic E-state index is 0.255. The van der Waals surface area contributed by atoms with Gasteiger partial charge in [0.1, 0.15) is 0 Å². The maximum atomic E-state index is 12.1. The van der Waals surface area contributed by atoms with Crippen LogP contribution in [0.3, 0.4) is 0 Å². The summed E-state index contributed by atoms with van der Waals surface area (Å²) >= 11 is 0. The molecule has 0 unspecified atom stereocenters. The number of carbonyl (C=O) groups is 1. The number of nitrogens with one attached hydrogen (secondary N) is 1. The number of hydrogen-bond donors (Lipinski definition) is 1. The molecule has 0 aromatic carbocycles. The molecule has 0 aromatic heterocycles. The maximum absolute atomic E-state index is 12.1. The molecule has 0 aliphatic carbocycles. The number of carbonyl (C=O) groups excluding carboxylic acids is 1. The van der Waals surface area contributed by atoms with Gasteiger partial charge >= 0.3 is 0 Å². The van der Waals surface area contributed by atoms with Crippen LogP contribution in [0.4, 0.5) is 0 Å². The monoisotopic (exact) mass is 239 g/mol. The quantitative estimate of drug-likeness (QED) is 0.764. The highest BCUT2D eigenvalue weighted by atomic mass is 16.1. The molecule has 0 spiro atoms. The van der Waals surface area contributed by atoms with E-state index in [-0.39, 0.29) is 5.92 Å². The van der Waals surface area contributed by atoms with Gasteiger partial charge in [-0.05, 0) is 66.0 Å². The number of piperidine rings is 2. The topological polar surface area (TPSA) is 35.6 Å². The van der Waals surface area contributed by atoms with Crippen molar-refractivity contribution < 1.29 is 4.79 Å². The molecule has 2 saturated heterocycles. The van der Waals surface area contributed by atoms with Crippen LogP contribution in [0.1, 0.15) is 25.7 Å². The van der Waals surface area contributed by atoms with Crippen LogP contribution in [0, 0.1) is 5.92 Å². The fraction of sp³-hybridized carbons (Fsp3) is 0.923. The minimum absolute atomic E-state index is 0.255. The second-order valence-corrected chi connectivity index (χ2v) is 5.66. The molecule has 0 bridgehead atoms. The van der Waals surface area contributed by atoms with E-state index < -0.39 is 0 Å². The highest BCUT2D eigenvalue weighted by Crippen LogP contribution is 2.17. The van der Waals surface area contributed by atoms with Crippen LogP contribution in [0.15, 0.2) is 0 Å². The molecule has 2 aliphatic heterocycles. The normalized spacial score (nSPS) is 26.0. The molecular formula is C13H25N3O. The Morgan fingerprint density at radius 2 is 1.41 bits per heavy atom. The zero-order valence-corrected chi connectivity index (χ0v) is 11.1. The van der Waals surface area contributed by atoms with Gasteiger partial charge in [-0.3, -0.25) is 4.79 Å². The average Bonchev–Trinajstić information content (AvgIpc) is 2.33. The van der Waals surface area contributed by atoms with E-state index in [9.17, 15) is 4.79 Å². The predicted octanol–water partition coefficient (Wildman–Crippen LogP) is 0.539. The van der Waals surface area contributed by atoms with Crippen molar-refractivity contribution in [1.29, 1.82) is 0 Å². The Labute approximate surface area is 104 Å². The van der Waals surface area contributed by atoms with E-state index >= 15 is 0 Å². The molecule has 1 amide bonds. The lowest BCUT2D eigenvalue weighted by atomic mass is 9.95. The van der Waals surface area contributed by atoms with Gasteiger partial charge in [0.2, 0.25) is 5.91 Å². The molecule has 2 fully saturated rings. The summed E-state index contributed by atoms with van der Waals surface area (Å²) in [5.74, 6) is 0.554. The zero-order chi connectivity index (χ0) is 12.3. The fourth-order valence-corrected chi connectivity index (χ4v) is 2.74. The molecule has 0 radical (unpaired) electrons. The summed E-state index contributed by atoms with van der Waals surface area (Å²) in [6.45, 7) is 4.34. The highest BCUT2D eigenvalue weighted by Gasteiger charge is 2.26. The van der Waals surface area contributed by atoms with Crippen LogP contribution in [0.5, 0.6) is 0 Å². The molecule has 0 saturated carbocycles. The predicted molar refractivity (Wildman–Crippen MR) is 68.9 cm³/mol. The molecule has 98 valence electrons. The van der Waals surface area contributed by atoms with E-state index in [4.69, 9.17) is 0 Å². The summed E-state index contributed by atoms with van der Waals surface area (Å²) in [6.07, 6.45) is 4.26. The minimum Gasteiger partial charge on any atom is -0.353 e. The Morgan fingerprint density at radius 1 is 0.941 bits per heavy atom. The molecule has 4 nitrogen and oxygen atoms in total. The summed E-state index contributed by atoms with van der Waals surface area (Å²) in [6, 6.07) is 0.415. The SMILES string of the molecule is CN1CCC(NC(=O)C2CCN(C)CC2)CC1. The first-order valence-corrected chi connectivity index (χ1v) is 6.82. The van der Waals surface area contributed by atoms with E-state index in [2.05, 4.69) is 29.2 Å². The standard InChI is InChI=1S/C13H25N3O/c1-15-7-3-11(4-8-15)13(17)14-12-5-9-16(2)10-6-12/h11-12H,3-10H2,1-2H3,(H,14,17). The van der Waals surface area contributed by atoms with Gasteiger partial charge in [0.25, 0.3) is 0 Å². The Kier molecular flexibility index (Phi) is 4.40. The van der Waals surface area contributed by atoms with Crippen molar-refractivity contribution in [1.82, 2.24) is 15.1 Å². The van der Waals surface area contributed by atoms with Crippen molar-refractivity contribution in [3.8, 4) is 0 Å². The van der Waals surface area contributed by atoms with Gasteiger partial charge < -0.3 is 15.1 Å². The smallest absolute Gasteiger partial charge is 0.223 e. The lowest BCUT2D eigenvalue weighted by molar-refractivity contribution is -0.127. The summed E-state index contributed by atoms with van der Waals surface area (Å²) in [5.41, 5.74) is 0. The van der Waals surface area contributed by atoms with Gasteiger partial charge in [-0.15, -0.1) is 0 Å². The Morgan fingerprint density at radius 3 is 1.94 bits per heavy atom. The number of rotatable bonds is 2.